The molecule has 0 heteroatoms. The van der Waals surface area contributed by atoms with Crippen LogP contribution in [0.25, 0.3) is 0 Å². The van der Waals surface area contributed by atoms with E-state index in [9.17, 15) is 0 Å². The Hall–Kier alpha value is -1.30. The molecule has 1 rings (SSSR count). The molecule has 1 aromatic carbocycles. The topological polar surface area (TPSA) is 0 Å². The van der Waals surface area contributed by atoms with E-state index in [1.165, 1.54) is 48.8 Å². The molecule has 0 radical (unpaired) electrons. The fourth-order valence-electron chi connectivity index (χ4n) is 1.88. The van der Waals surface area contributed by atoms with Gasteiger partial charge < -0.3 is 0 Å². The van der Waals surface area contributed by atoms with Gasteiger partial charge in [-0.05, 0) is 58.4 Å². The first kappa shape index (κ1) is 14.8. The molecule has 0 aliphatic carbocycles. The van der Waals surface area contributed by atoms with Crippen LogP contribution in [-0.4, -0.2) is 0 Å². The van der Waals surface area contributed by atoms with Crippen molar-refractivity contribution in [1.82, 2.24) is 0 Å². The van der Waals surface area contributed by atoms with E-state index in [0.29, 0.717) is 0 Å². The van der Waals surface area contributed by atoms with E-state index in [0.717, 1.165) is 0 Å². The Kier molecular flexibility index (Phi) is 7.17. The average molecular weight is 242 g/mol. The zero-order valence-corrected chi connectivity index (χ0v) is 12.1. The maximum atomic E-state index is 2.33. The van der Waals surface area contributed by atoms with Gasteiger partial charge in [-0.15, -0.1) is 0 Å². The summed E-state index contributed by atoms with van der Waals surface area (Å²) in [6, 6.07) is 8.89. The van der Waals surface area contributed by atoms with E-state index in [-0.39, 0.29) is 0 Å². The molecule has 0 spiro atoms. The molecular weight excluding hydrogens is 216 g/mol. The molecule has 0 heterocycles. The first-order chi connectivity index (χ1) is 8.68. The van der Waals surface area contributed by atoms with E-state index < -0.39 is 0 Å². The minimum Gasteiger partial charge on any atom is -0.0885 e. The summed E-state index contributed by atoms with van der Waals surface area (Å²) in [4.78, 5) is 0. The number of aryl methyl sites for hydroxylation is 2. The zero-order chi connectivity index (χ0) is 13.2. The maximum absolute atomic E-state index is 2.33. The lowest BCUT2D eigenvalue weighted by Gasteiger charge is -2.00. The monoisotopic (exact) mass is 242 g/mol. The van der Waals surface area contributed by atoms with Crippen LogP contribution < -0.4 is 0 Å². The Balaban J connectivity index is 2.09. The van der Waals surface area contributed by atoms with Crippen molar-refractivity contribution in [2.75, 3.05) is 0 Å². The summed E-state index contributed by atoms with van der Waals surface area (Å²) in [6.07, 6.45) is 12.9. The second kappa shape index (κ2) is 8.74. The quantitative estimate of drug-likeness (QED) is 0.430. The molecule has 0 atom stereocenters. The van der Waals surface area contributed by atoms with E-state index in [4.69, 9.17) is 0 Å². The molecule has 0 amide bonds. The largest absolute Gasteiger partial charge is 0.0885 e. The number of allylic oxidation sites excluding steroid dienone is 4. The average Bonchev–Trinajstić information content (AvgIpc) is 2.34. The molecule has 1 aromatic rings. The maximum Gasteiger partial charge on any atom is -0.0276 e. The van der Waals surface area contributed by atoms with Crippen molar-refractivity contribution in [1.29, 1.82) is 0 Å². The molecule has 18 heavy (non-hydrogen) atoms. The van der Waals surface area contributed by atoms with Gasteiger partial charge in [0.1, 0.15) is 0 Å². The third-order valence-corrected chi connectivity index (χ3v) is 3.01. The second-order valence-corrected chi connectivity index (χ2v) is 5.21. The SMILES string of the molecule is CC(C)=CCC/C=C/CCCc1ccc(C)cc1. The highest BCUT2D eigenvalue weighted by Crippen LogP contribution is 2.08. The molecule has 0 unspecified atom stereocenters. The van der Waals surface area contributed by atoms with E-state index in [1.807, 2.05) is 0 Å². The van der Waals surface area contributed by atoms with Crippen molar-refractivity contribution in [2.45, 2.75) is 52.9 Å². The first-order valence-electron chi connectivity index (χ1n) is 7.02. The Bertz CT molecular complexity index is 375. The molecule has 0 nitrogen and oxygen atoms in total. The molecule has 98 valence electrons. The van der Waals surface area contributed by atoms with Crippen LogP contribution in [0.5, 0.6) is 0 Å². The number of unbranched alkanes of at least 4 members (excludes halogenated alkanes) is 2. The lowest BCUT2D eigenvalue weighted by atomic mass is 10.1. The zero-order valence-electron chi connectivity index (χ0n) is 12.1. The fourth-order valence-corrected chi connectivity index (χ4v) is 1.88. The van der Waals surface area contributed by atoms with Crippen molar-refractivity contribution < 1.29 is 0 Å². The Morgan fingerprint density at radius 2 is 1.61 bits per heavy atom. The summed E-state index contributed by atoms with van der Waals surface area (Å²) in [5.74, 6) is 0. The van der Waals surface area contributed by atoms with Gasteiger partial charge in [-0.3, -0.25) is 0 Å². The summed E-state index contributed by atoms with van der Waals surface area (Å²) in [7, 11) is 0. The molecule has 0 saturated carbocycles. The van der Waals surface area contributed by atoms with Gasteiger partial charge in [-0.2, -0.15) is 0 Å². The highest BCUT2D eigenvalue weighted by molar-refractivity contribution is 5.21. The third kappa shape index (κ3) is 7.11. The van der Waals surface area contributed by atoms with E-state index >= 15 is 0 Å². The summed E-state index contributed by atoms with van der Waals surface area (Å²) in [6.45, 7) is 6.45. The smallest absolute Gasteiger partial charge is 0.0276 e. The van der Waals surface area contributed by atoms with Crippen LogP contribution in [0.4, 0.5) is 0 Å². The van der Waals surface area contributed by atoms with E-state index in [2.05, 4.69) is 63.3 Å². The summed E-state index contributed by atoms with van der Waals surface area (Å²) < 4.78 is 0. The molecule has 0 aromatic heterocycles. The predicted molar refractivity (Wildman–Crippen MR) is 81.9 cm³/mol. The molecule has 0 N–H and O–H groups in total. The predicted octanol–water partition coefficient (Wildman–Crippen LogP) is 5.62. The molecule has 0 saturated heterocycles. The van der Waals surface area contributed by atoms with Gasteiger partial charge in [-0.25, -0.2) is 0 Å². The van der Waals surface area contributed by atoms with Crippen LogP contribution in [0.3, 0.4) is 0 Å². The van der Waals surface area contributed by atoms with Gasteiger partial charge in [0.05, 0.1) is 0 Å². The molecule has 0 bridgehead atoms. The highest BCUT2D eigenvalue weighted by Gasteiger charge is 1.91. The Morgan fingerprint density at radius 1 is 0.944 bits per heavy atom. The Labute approximate surface area is 112 Å². The normalized spacial score (nSPS) is 10.8. The second-order valence-electron chi connectivity index (χ2n) is 5.21. The lowest BCUT2D eigenvalue weighted by molar-refractivity contribution is 0.838. The molecular formula is C18H26. The van der Waals surface area contributed by atoms with Crippen LogP contribution in [0.2, 0.25) is 0 Å². The molecule has 0 fully saturated rings. The summed E-state index contributed by atoms with van der Waals surface area (Å²) >= 11 is 0. The number of benzene rings is 1. The van der Waals surface area contributed by atoms with Gasteiger partial charge in [0.15, 0.2) is 0 Å². The van der Waals surface area contributed by atoms with Gasteiger partial charge in [0.25, 0.3) is 0 Å². The van der Waals surface area contributed by atoms with Crippen LogP contribution in [-0.2, 0) is 6.42 Å². The standard InChI is InChI=1S/C18H26/c1-16(2)10-8-6-4-5-7-9-11-18-14-12-17(3)13-15-18/h4-5,10,12-15H,6-9,11H2,1-3H3/b5-4+. The van der Waals surface area contributed by atoms with Gasteiger partial charge in [0.2, 0.25) is 0 Å². The van der Waals surface area contributed by atoms with Crippen LogP contribution in [0.1, 0.15) is 50.7 Å². The lowest BCUT2D eigenvalue weighted by Crippen LogP contribution is -1.84. The third-order valence-electron chi connectivity index (χ3n) is 3.01. The molecule has 0 aliphatic rings. The Morgan fingerprint density at radius 3 is 2.28 bits per heavy atom. The molecule has 0 aliphatic heterocycles. The van der Waals surface area contributed by atoms with Crippen molar-refractivity contribution >= 4 is 0 Å². The van der Waals surface area contributed by atoms with Crippen LogP contribution in [0, 0.1) is 6.92 Å². The fraction of sp³-hybridized carbons (Fsp3) is 0.444. The number of hydrogen-bond acceptors (Lipinski definition) is 0. The number of rotatable bonds is 7. The minimum atomic E-state index is 1.18. The van der Waals surface area contributed by atoms with Gasteiger partial charge >= 0.3 is 0 Å². The van der Waals surface area contributed by atoms with Crippen molar-refractivity contribution in [3.8, 4) is 0 Å². The number of hydrogen-bond donors (Lipinski definition) is 0. The van der Waals surface area contributed by atoms with Crippen molar-refractivity contribution in [3.05, 3.63) is 59.2 Å². The van der Waals surface area contributed by atoms with Crippen molar-refractivity contribution in [3.63, 3.8) is 0 Å². The summed E-state index contributed by atoms with van der Waals surface area (Å²) in [5.41, 5.74) is 4.22. The van der Waals surface area contributed by atoms with Crippen LogP contribution in [0.15, 0.2) is 48.1 Å². The van der Waals surface area contributed by atoms with Crippen LogP contribution >= 0.6 is 0 Å². The van der Waals surface area contributed by atoms with Gasteiger partial charge in [-0.1, -0.05) is 53.6 Å². The summed E-state index contributed by atoms with van der Waals surface area (Å²) in [5, 5.41) is 0. The van der Waals surface area contributed by atoms with E-state index in [1.54, 1.807) is 0 Å². The minimum absolute atomic E-state index is 1.18. The highest BCUT2D eigenvalue weighted by atomic mass is 14.0. The van der Waals surface area contributed by atoms with Gasteiger partial charge in [0, 0.05) is 0 Å². The first-order valence-corrected chi connectivity index (χ1v) is 7.02. The van der Waals surface area contributed by atoms with Crippen molar-refractivity contribution in [2.24, 2.45) is 0 Å².